The molecular weight excluding hydrogens is 216 g/mol. The fourth-order valence-electron chi connectivity index (χ4n) is 2.73. The van der Waals surface area contributed by atoms with Gasteiger partial charge >= 0.3 is 0 Å². The van der Waals surface area contributed by atoms with Crippen LogP contribution in [0.2, 0.25) is 0 Å². The normalized spacial score (nSPS) is 27.4. The van der Waals surface area contributed by atoms with E-state index in [-0.39, 0.29) is 0 Å². The monoisotopic (exact) mass is 240 g/mol. The summed E-state index contributed by atoms with van der Waals surface area (Å²) in [7, 11) is 0. The van der Waals surface area contributed by atoms with E-state index in [1.807, 2.05) is 6.92 Å². The third-order valence-corrected chi connectivity index (χ3v) is 4.02. The molecule has 2 rings (SSSR count). The Morgan fingerprint density at radius 3 is 2.78 bits per heavy atom. The summed E-state index contributed by atoms with van der Waals surface area (Å²) in [5.74, 6) is 0. The van der Waals surface area contributed by atoms with Crippen LogP contribution in [0, 0.1) is 5.41 Å². The van der Waals surface area contributed by atoms with Crippen molar-refractivity contribution >= 4 is 0 Å². The summed E-state index contributed by atoms with van der Waals surface area (Å²) in [6, 6.07) is 0. The molecular formula is C18H24. The highest BCUT2D eigenvalue weighted by molar-refractivity contribution is 5.57. The van der Waals surface area contributed by atoms with Gasteiger partial charge in [-0.2, -0.15) is 0 Å². The molecule has 0 aromatic heterocycles. The smallest absolute Gasteiger partial charge is 0.00995 e. The molecule has 1 unspecified atom stereocenters. The quantitative estimate of drug-likeness (QED) is 0.570. The van der Waals surface area contributed by atoms with Crippen LogP contribution >= 0.6 is 0 Å². The van der Waals surface area contributed by atoms with E-state index in [2.05, 4.69) is 50.8 Å². The molecule has 0 heterocycles. The molecule has 0 N–H and O–H groups in total. The summed E-state index contributed by atoms with van der Waals surface area (Å²) in [5, 5.41) is 0. The first-order chi connectivity index (χ1) is 8.54. The first-order valence-electron chi connectivity index (χ1n) is 7.00. The summed E-state index contributed by atoms with van der Waals surface area (Å²) in [6.45, 7) is 10.7. The SMILES string of the molecule is C=C(C)/C=C/C1=CC(C)(CC)CC2=CCCC=C12. The Labute approximate surface area is 111 Å². The Kier molecular flexibility index (Phi) is 3.75. The fraction of sp³-hybridized carbons (Fsp3) is 0.444. The standard InChI is InChI=1S/C18H24/c1-5-18(4)12-15-8-6-7-9-17(15)16(13-18)11-10-14(2)3/h8-11,13H,2,5-7,12H2,1,3-4H3/b11-10+. The number of rotatable bonds is 3. The zero-order chi connectivity index (χ0) is 13.2. The Bertz CT molecular complexity index is 468. The summed E-state index contributed by atoms with van der Waals surface area (Å²) >= 11 is 0. The van der Waals surface area contributed by atoms with Gasteiger partial charge in [-0.3, -0.25) is 0 Å². The second kappa shape index (κ2) is 5.14. The van der Waals surface area contributed by atoms with Crippen molar-refractivity contribution in [1.82, 2.24) is 0 Å². The second-order valence-corrected chi connectivity index (χ2v) is 5.89. The van der Waals surface area contributed by atoms with Crippen molar-refractivity contribution in [3.63, 3.8) is 0 Å². The zero-order valence-electron chi connectivity index (χ0n) is 11.9. The first-order valence-corrected chi connectivity index (χ1v) is 7.00. The lowest BCUT2D eigenvalue weighted by atomic mass is 9.70. The third kappa shape index (κ3) is 2.75. The topological polar surface area (TPSA) is 0 Å². The van der Waals surface area contributed by atoms with Gasteiger partial charge in [0.15, 0.2) is 0 Å². The number of hydrogen-bond donors (Lipinski definition) is 0. The lowest BCUT2D eigenvalue weighted by Crippen LogP contribution is -2.20. The van der Waals surface area contributed by atoms with Gasteiger partial charge in [0.1, 0.15) is 0 Å². The van der Waals surface area contributed by atoms with E-state index >= 15 is 0 Å². The largest absolute Gasteiger partial charge is 0.0961 e. The summed E-state index contributed by atoms with van der Waals surface area (Å²) in [5.41, 5.74) is 5.83. The molecule has 0 aromatic carbocycles. The number of hydrogen-bond acceptors (Lipinski definition) is 0. The van der Waals surface area contributed by atoms with Crippen molar-refractivity contribution in [2.45, 2.75) is 46.5 Å². The number of fused-ring (bicyclic) bond motifs is 1. The van der Waals surface area contributed by atoms with Crippen molar-refractivity contribution in [2.75, 3.05) is 0 Å². The van der Waals surface area contributed by atoms with Gasteiger partial charge in [0.2, 0.25) is 0 Å². The average Bonchev–Trinajstić information content (AvgIpc) is 2.35. The zero-order valence-corrected chi connectivity index (χ0v) is 11.9. The maximum atomic E-state index is 3.95. The molecule has 1 atom stereocenters. The highest BCUT2D eigenvalue weighted by Crippen LogP contribution is 2.44. The van der Waals surface area contributed by atoms with Crippen LogP contribution in [0.5, 0.6) is 0 Å². The molecule has 0 heteroatoms. The second-order valence-electron chi connectivity index (χ2n) is 5.89. The molecule has 0 aliphatic heterocycles. The minimum absolute atomic E-state index is 0.315. The summed E-state index contributed by atoms with van der Waals surface area (Å²) < 4.78 is 0. The van der Waals surface area contributed by atoms with E-state index in [1.54, 1.807) is 5.57 Å². The lowest BCUT2D eigenvalue weighted by molar-refractivity contribution is 0.399. The van der Waals surface area contributed by atoms with Crippen LogP contribution in [-0.4, -0.2) is 0 Å². The van der Waals surface area contributed by atoms with Crippen LogP contribution in [-0.2, 0) is 0 Å². The minimum atomic E-state index is 0.315. The van der Waals surface area contributed by atoms with E-state index in [4.69, 9.17) is 0 Å². The molecule has 2 aliphatic carbocycles. The number of allylic oxidation sites excluding steroid dienone is 9. The van der Waals surface area contributed by atoms with Crippen molar-refractivity contribution in [1.29, 1.82) is 0 Å². The highest BCUT2D eigenvalue weighted by atomic mass is 14.3. The maximum Gasteiger partial charge on any atom is -0.00995 e. The molecule has 0 nitrogen and oxygen atoms in total. The molecule has 0 spiro atoms. The Morgan fingerprint density at radius 1 is 1.39 bits per heavy atom. The predicted octanol–water partition coefficient (Wildman–Crippen LogP) is 5.51. The van der Waals surface area contributed by atoms with E-state index in [9.17, 15) is 0 Å². The van der Waals surface area contributed by atoms with E-state index < -0.39 is 0 Å². The van der Waals surface area contributed by atoms with Gasteiger partial charge in [-0.25, -0.2) is 0 Å². The average molecular weight is 240 g/mol. The lowest BCUT2D eigenvalue weighted by Gasteiger charge is -2.34. The maximum absolute atomic E-state index is 3.95. The van der Waals surface area contributed by atoms with Gasteiger partial charge < -0.3 is 0 Å². The summed E-state index contributed by atoms with van der Waals surface area (Å²) in [4.78, 5) is 0. The van der Waals surface area contributed by atoms with Crippen LogP contribution in [0.1, 0.15) is 46.5 Å². The molecule has 18 heavy (non-hydrogen) atoms. The van der Waals surface area contributed by atoms with Crippen LogP contribution in [0.15, 0.2) is 59.3 Å². The molecule has 0 amide bonds. The van der Waals surface area contributed by atoms with Crippen LogP contribution in [0.25, 0.3) is 0 Å². The van der Waals surface area contributed by atoms with Crippen LogP contribution in [0.3, 0.4) is 0 Å². The fourth-order valence-corrected chi connectivity index (χ4v) is 2.73. The van der Waals surface area contributed by atoms with E-state index in [1.165, 1.54) is 36.8 Å². The molecule has 2 aliphatic rings. The van der Waals surface area contributed by atoms with Gasteiger partial charge in [0, 0.05) is 0 Å². The molecule has 96 valence electrons. The van der Waals surface area contributed by atoms with E-state index in [0.717, 1.165) is 5.57 Å². The molecule has 0 bridgehead atoms. The minimum Gasteiger partial charge on any atom is -0.0961 e. The van der Waals surface area contributed by atoms with Crippen LogP contribution < -0.4 is 0 Å². The van der Waals surface area contributed by atoms with Crippen LogP contribution in [0.4, 0.5) is 0 Å². The first kappa shape index (κ1) is 13.1. The van der Waals surface area contributed by atoms with Gasteiger partial charge in [-0.1, -0.05) is 56.4 Å². The summed E-state index contributed by atoms with van der Waals surface area (Å²) in [6.07, 6.45) is 16.4. The Hall–Kier alpha value is -1.30. The molecule has 0 radical (unpaired) electrons. The molecule has 0 fully saturated rings. The van der Waals surface area contributed by atoms with Gasteiger partial charge in [0.25, 0.3) is 0 Å². The van der Waals surface area contributed by atoms with Crippen molar-refractivity contribution in [2.24, 2.45) is 5.41 Å². The van der Waals surface area contributed by atoms with Gasteiger partial charge in [-0.05, 0) is 54.7 Å². The van der Waals surface area contributed by atoms with Crippen molar-refractivity contribution < 1.29 is 0 Å². The van der Waals surface area contributed by atoms with Crippen molar-refractivity contribution in [3.8, 4) is 0 Å². The molecule has 0 saturated carbocycles. The Morgan fingerprint density at radius 2 is 2.11 bits per heavy atom. The Balaban J connectivity index is 2.41. The molecule has 0 saturated heterocycles. The highest BCUT2D eigenvalue weighted by Gasteiger charge is 2.29. The van der Waals surface area contributed by atoms with Crippen molar-refractivity contribution in [3.05, 3.63) is 59.3 Å². The third-order valence-electron chi connectivity index (χ3n) is 4.02. The van der Waals surface area contributed by atoms with Gasteiger partial charge in [-0.15, -0.1) is 0 Å². The van der Waals surface area contributed by atoms with E-state index in [0.29, 0.717) is 5.41 Å². The van der Waals surface area contributed by atoms with Gasteiger partial charge in [0.05, 0.1) is 0 Å². The molecule has 0 aromatic rings. The predicted molar refractivity (Wildman–Crippen MR) is 80.5 cm³/mol.